The van der Waals surface area contributed by atoms with Gasteiger partial charge >= 0.3 is 0 Å². The molecule has 6 heteroatoms. The number of amides is 1. The van der Waals surface area contributed by atoms with Crippen LogP contribution in [0.5, 0.6) is 0 Å². The molecule has 1 aromatic carbocycles. The summed E-state index contributed by atoms with van der Waals surface area (Å²) < 4.78 is 0. The largest absolute Gasteiger partial charge is 0.324 e. The minimum Gasteiger partial charge on any atom is -0.324 e. The number of benzene rings is 1. The van der Waals surface area contributed by atoms with Crippen molar-refractivity contribution in [3.8, 4) is 0 Å². The fourth-order valence-corrected chi connectivity index (χ4v) is 3.08. The summed E-state index contributed by atoms with van der Waals surface area (Å²) in [5.41, 5.74) is 0.800. The van der Waals surface area contributed by atoms with Gasteiger partial charge in [-0.1, -0.05) is 31.5 Å². The predicted octanol–water partition coefficient (Wildman–Crippen LogP) is 4.20. The zero-order valence-corrected chi connectivity index (χ0v) is 14.7. The van der Waals surface area contributed by atoms with Crippen molar-refractivity contribution in [2.45, 2.75) is 36.8 Å². The summed E-state index contributed by atoms with van der Waals surface area (Å²) in [7, 11) is 0. The molecule has 1 aromatic rings. The minimum absolute atomic E-state index is 0. The summed E-state index contributed by atoms with van der Waals surface area (Å²) >= 11 is 7.89. The van der Waals surface area contributed by atoms with E-state index in [4.69, 9.17) is 11.6 Å². The summed E-state index contributed by atoms with van der Waals surface area (Å²) in [6.45, 7) is 5.51. The van der Waals surface area contributed by atoms with E-state index < -0.39 is 0 Å². The monoisotopic (exact) mass is 348 g/mol. The average Bonchev–Trinajstić information content (AvgIpc) is 3.17. The maximum absolute atomic E-state index is 11.9. The van der Waals surface area contributed by atoms with E-state index in [2.05, 4.69) is 24.5 Å². The van der Waals surface area contributed by atoms with Crippen molar-refractivity contribution in [3.05, 3.63) is 23.2 Å². The first-order chi connectivity index (χ1) is 9.56. The topological polar surface area (TPSA) is 41.1 Å². The van der Waals surface area contributed by atoms with E-state index in [1.807, 2.05) is 18.2 Å². The molecule has 0 aromatic heterocycles. The van der Waals surface area contributed by atoms with E-state index in [-0.39, 0.29) is 18.3 Å². The third-order valence-electron chi connectivity index (χ3n) is 3.01. The highest BCUT2D eigenvalue weighted by atomic mass is 35.5. The zero-order valence-electron chi connectivity index (χ0n) is 12.3. The summed E-state index contributed by atoms with van der Waals surface area (Å²) in [4.78, 5) is 12.9. The van der Waals surface area contributed by atoms with Gasteiger partial charge in [0.15, 0.2) is 0 Å². The number of halogens is 2. The lowest BCUT2D eigenvalue weighted by Gasteiger charge is -2.14. The Labute approximate surface area is 142 Å². The number of nitrogens with one attached hydrogen (secondary N) is 2. The number of rotatable bonds is 7. The van der Waals surface area contributed by atoms with Crippen LogP contribution >= 0.6 is 35.8 Å². The molecule has 1 fully saturated rings. The van der Waals surface area contributed by atoms with Crippen LogP contribution in [0.15, 0.2) is 23.1 Å². The molecule has 0 aliphatic heterocycles. The fourth-order valence-electron chi connectivity index (χ4n) is 1.87. The smallest absolute Gasteiger partial charge is 0.238 e. The molecule has 2 rings (SSSR count). The summed E-state index contributed by atoms with van der Waals surface area (Å²) in [6, 6.07) is 5.61. The molecule has 1 saturated carbocycles. The first-order valence-electron chi connectivity index (χ1n) is 7.02. The summed E-state index contributed by atoms with van der Waals surface area (Å²) in [5, 5.41) is 7.24. The number of anilines is 1. The SMILES string of the molecule is CC(C)Sc1c(Cl)cccc1NC(=O)CNCC1CC1.Cl. The van der Waals surface area contributed by atoms with E-state index in [0.29, 0.717) is 16.8 Å². The first-order valence-corrected chi connectivity index (χ1v) is 8.27. The van der Waals surface area contributed by atoms with Crippen molar-refractivity contribution < 1.29 is 4.79 Å². The van der Waals surface area contributed by atoms with Gasteiger partial charge in [0.1, 0.15) is 0 Å². The van der Waals surface area contributed by atoms with Crippen molar-refractivity contribution in [3.63, 3.8) is 0 Å². The Kier molecular flexibility index (Phi) is 7.88. The molecule has 0 spiro atoms. The lowest BCUT2D eigenvalue weighted by molar-refractivity contribution is -0.115. The molecule has 1 aliphatic rings. The van der Waals surface area contributed by atoms with Crippen LogP contribution in [0.1, 0.15) is 26.7 Å². The molecule has 0 bridgehead atoms. The molecule has 0 radical (unpaired) electrons. The number of hydrogen-bond acceptors (Lipinski definition) is 3. The number of hydrogen-bond donors (Lipinski definition) is 2. The van der Waals surface area contributed by atoms with E-state index in [1.54, 1.807) is 11.8 Å². The van der Waals surface area contributed by atoms with Gasteiger partial charge in [0.25, 0.3) is 0 Å². The highest BCUT2D eigenvalue weighted by Crippen LogP contribution is 2.36. The van der Waals surface area contributed by atoms with Gasteiger partial charge < -0.3 is 10.6 Å². The standard InChI is InChI=1S/C15H21ClN2OS.ClH/c1-10(2)20-15-12(16)4-3-5-13(15)18-14(19)9-17-8-11-6-7-11;/h3-5,10-11,17H,6-9H2,1-2H3,(H,18,19);1H. The quantitative estimate of drug-likeness (QED) is 0.725. The van der Waals surface area contributed by atoms with E-state index in [1.165, 1.54) is 12.8 Å². The highest BCUT2D eigenvalue weighted by molar-refractivity contribution is 8.00. The van der Waals surface area contributed by atoms with Crippen molar-refractivity contribution in [2.75, 3.05) is 18.4 Å². The van der Waals surface area contributed by atoms with Crippen molar-refractivity contribution in [1.29, 1.82) is 0 Å². The van der Waals surface area contributed by atoms with Gasteiger partial charge in [-0.25, -0.2) is 0 Å². The molecule has 21 heavy (non-hydrogen) atoms. The second-order valence-electron chi connectivity index (χ2n) is 5.41. The summed E-state index contributed by atoms with van der Waals surface area (Å²) in [5.74, 6) is 0.763. The Bertz CT molecular complexity index is 479. The summed E-state index contributed by atoms with van der Waals surface area (Å²) in [6.07, 6.45) is 2.58. The number of carbonyl (C=O) groups excluding carboxylic acids is 1. The second kappa shape index (κ2) is 8.89. The van der Waals surface area contributed by atoms with Crippen LogP contribution in [-0.4, -0.2) is 24.2 Å². The molecular formula is C15H22Cl2N2OS. The lowest BCUT2D eigenvalue weighted by Crippen LogP contribution is -2.29. The molecule has 0 unspecified atom stereocenters. The minimum atomic E-state index is -0.0153. The Morgan fingerprint density at radius 2 is 2.14 bits per heavy atom. The van der Waals surface area contributed by atoms with Crippen molar-refractivity contribution in [1.82, 2.24) is 5.32 Å². The molecule has 1 aliphatic carbocycles. The molecule has 0 atom stereocenters. The molecule has 118 valence electrons. The first kappa shape index (κ1) is 18.6. The van der Waals surface area contributed by atoms with Crippen LogP contribution in [0.2, 0.25) is 5.02 Å². The third-order valence-corrected chi connectivity index (χ3v) is 4.58. The van der Waals surface area contributed by atoms with Crippen LogP contribution in [0.4, 0.5) is 5.69 Å². The highest BCUT2D eigenvalue weighted by Gasteiger charge is 2.20. The van der Waals surface area contributed by atoms with E-state index in [0.717, 1.165) is 23.0 Å². The maximum Gasteiger partial charge on any atom is 0.238 e. The Balaban J connectivity index is 0.00000220. The zero-order chi connectivity index (χ0) is 14.5. The van der Waals surface area contributed by atoms with Crippen LogP contribution in [0.3, 0.4) is 0 Å². The molecule has 0 heterocycles. The second-order valence-corrected chi connectivity index (χ2v) is 7.40. The van der Waals surface area contributed by atoms with Gasteiger partial charge in [-0.15, -0.1) is 24.2 Å². The van der Waals surface area contributed by atoms with Crippen molar-refractivity contribution >= 4 is 47.4 Å². The lowest BCUT2D eigenvalue weighted by atomic mass is 10.3. The average molecular weight is 349 g/mol. The molecule has 1 amide bonds. The van der Waals surface area contributed by atoms with Crippen LogP contribution < -0.4 is 10.6 Å². The number of carbonyl (C=O) groups is 1. The predicted molar refractivity (Wildman–Crippen MR) is 93.9 cm³/mol. The normalized spacial score (nSPS) is 13.9. The van der Waals surface area contributed by atoms with Gasteiger partial charge in [0.2, 0.25) is 5.91 Å². The van der Waals surface area contributed by atoms with Gasteiger partial charge in [0.05, 0.1) is 17.3 Å². The Morgan fingerprint density at radius 1 is 1.43 bits per heavy atom. The fraction of sp³-hybridized carbons (Fsp3) is 0.533. The molecule has 2 N–H and O–H groups in total. The van der Waals surface area contributed by atoms with Crippen LogP contribution in [0.25, 0.3) is 0 Å². The van der Waals surface area contributed by atoms with Gasteiger partial charge in [0, 0.05) is 10.1 Å². The van der Waals surface area contributed by atoms with Crippen LogP contribution in [-0.2, 0) is 4.79 Å². The van der Waals surface area contributed by atoms with Gasteiger partial charge in [-0.2, -0.15) is 0 Å². The van der Waals surface area contributed by atoms with Gasteiger partial charge in [-0.05, 0) is 37.4 Å². The molecule has 0 saturated heterocycles. The van der Waals surface area contributed by atoms with E-state index >= 15 is 0 Å². The molecule has 3 nitrogen and oxygen atoms in total. The van der Waals surface area contributed by atoms with Crippen molar-refractivity contribution in [2.24, 2.45) is 5.92 Å². The van der Waals surface area contributed by atoms with Gasteiger partial charge in [-0.3, -0.25) is 4.79 Å². The molecular weight excluding hydrogens is 327 g/mol. The third kappa shape index (κ3) is 6.47. The Morgan fingerprint density at radius 3 is 2.76 bits per heavy atom. The number of thioether (sulfide) groups is 1. The Hall–Kier alpha value is -0.420. The van der Waals surface area contributed by atoms with E-state index in [9.17, 15) is 4.79 Å². The van der Waals surface area contributed by atoms with Crippen LogP contribution in [0, 0.1) is 5.92 Å². The maximum atomic E-state index is 11.9.